The molecule has 19 heavy (non-hydrogen) atoms. The Hall–Kier alpha value is -0.0800. The SMILES string of the molecule is CCCCC1CCOC([C@H]2CC[C@H](CCC)CC2)O1. The average Bonchev–Trinajstić information content (AvgIpc) is 2.46. The van der Waals surface area contributed by atoms with Gasteiger partial charge in [-0.1, -0.05) is 39.5 Å². The van der Waals surface area contributed by atoms with Gasteiger partial charge in [-0.25, -0.2) is 0 Å². The first-order chi connectivity index (χ1) is 9.33. The molecular weight excluding hydrogens is 236 g/mol. The van der Waals surface area contributed by atoms with Crippen molar-refractivity contribution >= 4 is 0 Å². The van der Waals surface area contributed by atoms with Crippen molar-refractivity contribution in [3.8, 4) is 0 Å². The van der Waals surface area contributed by atoms with E-state index in [9.17, 15) is 0 Å². The highest BCUT2D eigenvalue weighted by Crippen LogP contribution is 2.36. The largest absolute Gasteiger partial charge is 0.352 e. The zero-order chi connectivity index (χ0) is 13.5. The number of hydrogen-bond donors (Lipinski definition) is 0. The summed E-state index contributed by atoms with van der Waals surface area (Å²) in [5.41, 5.74) is 0. The summed E-state index contributed by atoms with van der Waals surface area (Å²) in [5.74, 6) is 1.64. The molecular formula is C17H32O2. The molecule has 2 rings (SSSR count). The van der Waals surface area contributed by atoms with Crippen LogP contribution in [-0.2, 0) is 9.47 Å². The van der Waals surface area contributed by atoms with Crippen molar-refractivity contribution in [2.45, 2.75) is 90.4 Å². The van der Waals surface area contributed by atoms with E-state index in [2.05, 4.69) is 13.8 Å². The van der Waals surface area contributed by atoms with Crippen LogP contribution in [0.5, 0.6) is 0 Å². The average molecular weight is 268 g/mol. The summed E-state index contributed by atoms with van der Waals surface area (Å²) in [4.78, 5) is 0. The minimum Gasteiger partial charge on any atom is -0.352 e. The van der Waals surface area contributed by atoms with Crippen LogP contribution in [0.3, 0.4) is 0 Å². The van der Waals surface area contributed by atoms with E-state index in [-0.39, 0.29) is 6.29 Å². The van der Waals surface area contributed by atoms with Crippen molar-refractivity contribution in [1.82, 2.24) is 0 Å². The van der Waals surface area contributed by atoms with Gasteiger partial charge in [0, 0.05) is 5.92 Å². The molecule has 1 saturated heterocycles. The van der Waals surface area contributed by atoms with E-state index in [1.807, 2.05) is 0 Å². The molecule has 2 fully saturated rings. The second-order valence-corrected chi connectivity index (χ2v) is 6.50. The highest BCUT2D eigenvalue weighted by atomic mass is 16.7. The van der Waals surface area contributed by atoms with E-state index in [0.717, 1.165) is 18.9 Å². The summed E-state index contributed by atoms with van der Waals surface area (Å²) in [6.45, 7) is 5.47. The number of unbranched alkanes of at least 4 members (excludes halogenated alkanes) is 1. The predicted octanol–water partition coefficient (Wildman–Crippen LogP) is 4.91. The van der Waals surface area contributed by atoms with Crippen molar-refractivity contribution in [2.24, 2.45) is 11.8 Å². The molecule has 0 amide bonds. The molecule has 0 aromatic rings. The fourth-order valence-corrected chi connectivity index (χ4v) is 3.66. The summed E-state index contributed by atoms with van der Waals surface area (Å²) in [5, 5.41) is 0. The van der Waals surface area contributed by atoms with Gasteiger partial charge in [0.2, 0.25) is 0 Å². The molecule has 1 saturated carbocycles. The minimum absolute atomic E-state index is 0.109. The van der Waals surface area contributed by atoms with Crippen molar-refractivity contribution in [3.05, 3.63) is 0 Å². The Balaban J connectivity index is 1.72. The Bertz CT molecular complexity index is 233. The summed E-state index contributed by atoms with van der Waals surface area (Å²) in [7, 11) is 0. The van der Waals surface area contributed by atoms with Gasteiger partial charge in [-0.15, -0.1) is 0 Å². The summed E-state index contributed by atoms with van der Waals surface area (Å²) < 4.78 is 12.1. The van der Waals surface area contributed by atoms with Crippen LogP contribution in [0.4, 0.5) is 0 Å². The molecule has 0 aromatic heterocycles. The molecule has 2 atom stereocenters. The van der Waals surface area contributed by atoms with Crippen molar-refractivity contribution < 1.29 is 9.47 Å². The Morgan fingerprint density at radius 2 is 1.68 bits per heavy atom. The molecule has 2 aliphatic rings. The van der Waals surface area contributed by atoms with E-state index in [0.29, 0.717) is 12.0 Å². The molecule has 0 spiro atoms. The molecule has 2 unspecified atom stereocenters. The normalized spacial score (nSPS) is 36.3. The third-order valence-electron chi connectivity index (χ3n) is 4.90. The Kier molecular flexibility index (Phi) is 6.66. The third kappa shape index (κ3) is 4.75. The maximum absolute atomic E-state index is 6.20. The van der Waals surface area contributed by atoms with Gasteiger partial charge >= 0.3 is 0 Å². The van der Waals surface area contributed by atoms with Gasteiger partial charge in [-0.3, -0.25) is 0 Å². The topological polar surface area (TPSA) is 18.5 Å². The second-order valence-electron chi connectivity index (χ2n) is 6.50. The molecule has 2 heteroatoms. The molecule has 0 aromatic carbocycles. The number of hydrogen-bond acceptors (Lipinski definition) is 2. The first-order valence-corrected chi connectivity index (χ1v) is 8.60. The number of ether oxygens (including phenoxy) is 2. The van der Waals surface area contributed by atoms with Gasteiger partial charge in [0.25, 0.3) is 0 Å². The second kappa shape index (κ2) is 8.26. The third-order valence-corrected chi connectivity index (χ3v) is 4.90. The van der Waals surface area contributed by atoms with Gasteiger partial charge in [-0.2, -0.15) is 0 Å². The van der Waals surface area contributed by atoms with Gasteiger partial charge in [0.1, 0.15) is 0 Å². The number of rotatable bonds is 6. The Morgan fingerprint density at radius 1 is 0.895 bits per heavy atom. The van der Waals surface area contributed by atoms with Gasteiger partial charge < -0.3 is 9.47 Å². The zero-order valence-corrected chi connectivity index (χ0v) is 12.9. The van der Waals surface area contributed by atoms with E-state index in [1.54, 1.807) is 0 Å². The molecule has 0 radical (unpaired) electrons. The fourth-order valence-electron chi connectivity index (χ4n) is 3.66. The fraction of sp³-hybridized carbons (Fsp3) is 1.00. The van der Waals surface area contributed by atoms with Crippen LogP contribution in [0.2, 0.25) is 0 Å². The Morgan fingerprint density at radius 3 is 2.37 bits per heavy atom. The van der Waals surface area contributed by atoms with Gasteiger partial charge in [0.15, 0.2) is 6.29 Å². The zero-order valence-electron chi connectivity index (χ0n) is 12.9. The lowest BCUT2D eigenvalue weighted by molar-refractivity contribution is -0.241. The van der Waals surface area contributed by atoms with Crippen LogP contribution in [0.15, 0.2) is 0 Å². The van der Waals surface area contributed by atoms with Crippen LogP contribution in [0, 0.1) is 11.8 Å². The first kappa shape index (κ1) is 15.3. The lowest BCUT2D eigenvalue weighted by Crippen LogP contribution is -2.38. The summed E-state index contributed by atoms with van der Waals surface area (Å²) in [6, 6.07) is 0. The summed E-state index contributed by atoms with van der Waals surface area (Å²) >= 11 is 0. The highest BCUT2D eigenvalue weighted by Gasteiger charge is 2.32. The molecule has 1 aliphatic carbocycles. The quantitative estimate of drug-likeness (QED) is 0.681. The smallest absolute Gasteiger partial charge is 0.160 e. The minimum atomic E-state index is 0.109. The van der Waals surface area contributed by atoms with Crippen LogP contribution in [0.25, 0.3) is 0 Å². The van der Waals surface area contributed by atoms with Gasteiger partial charge in [-0.05, 0) is 44.4 Å². The maximum Gasteiger partial charge on any atom is 0.160 e. The first-order valence-electron chi connectivity index (χ1n) is 8.60. The molecule has 112 valence electrons. The van der Waals surface area contributed by atoms with Crippen LogP contribution in [-0.4, -0.2) is 19.0 Å². The molecule has 0 bridgehead atoms. The van der Waals surface area contributed by atoms with E-state index in [1.165, 1.54) is 57.8 Å². The van der Waals surface area contributed by atoms with Crippen LogP contribution in [0.1, 0.15) is 78.1 Å². The van der Waals surface area contributed by atoms with Gasteiger partial charge in [0.05, 0.1) is 12.7 Å². The van der Waals surface area contributed by atoms with Crippen molar-refractivity contribution in [2.75, 3.05) is 6.61 Å². The molecule has 0 N–H and O–H groups in total. The lowest BCUT2D eigenvalue weighted by Gasteiger charge is -2.38. The molecule has 1 aliphatic heterocycles. The Labute approximate surface area is 119 Å². The maximum atomic E-state index is 6.20. The van der Waals surface area contributed by atoms with E-state index < -0.39 is 0 Å². The van der Waals surface area contributed by atoms with E-state index >= 15 is 0 Å². The predicted molar refractivity (Wildman–Crippen MR) is 79.1 cm³/mol. The lowest BCUT2D eigenvalue weighted by atomic mass is 9.79. The highest BCUT2D eigenvalue weighted by molar-refractivity contribution is 4.77. The van der Waals surface area contributed by atoms with Crippen LogP contribution < -0.4 is 0 Å². The van der Waals surface area contributed by atoms with Crippen LogP contribution >= 0.6 is 0 Å². The molecule has 1 heterocycles. The summed E-state index contributed by atoms with van der Waals surface area (Å²) in [6.07, 6.45) is 13.6. The van der Waals surface area contributed by atoms with E-state index in [4.69, 9.17) is 9.47 Å². The molecule has 2 nitrogen and oxygen atoms in total. The monoisotopic (exact) mass is 268 g/mol. The van der Waals surface area contributed by atoms with Crippen molar-refractivity contribution in [3.63, 3.8) is 0 Å². The van der Waals surface area contributed by atoms with Crippen molar-refractivity contribution in [1.29, 1.82) is 0 Å². The standard InChI is InChI=1S/C17H32O2/c1-3-5-7-16-12-13-18-17(19-16)15-10-8-14(6-4-2)9-11-15/h14-17H,3-13H2,1-2H3/t14-,15-,16?,17?.